The van der Waals surface area contributed by atoms with Crippen molar-refractivity contribution in [2.24, 2.45) is 5.10 Å². The minimum atomic E-state index is -0.525. The second-order valence-electron chi connectivity index (χ2n) is 7.40. The fraction of sp³-hybridized carbons (Fsp3) is 0.148. The van der Waals surface area contributed by atoms with E-state index >= 15 is 0 Å². The van der Waals surface area contributed by atoms with Crippen LogP contribution in [-0.4, -0.2) is 31.1 Å². The van der Waals surface area contributed by atoms with Crippen molar-refractivity contribution < 1.29 is 9.59 Å². The number of carbonyl (C=O) groups excluding carboxylic acids is 2. The Hall–Kier alpha value is -3.71. The van der Waals surface area contributed by atoms with Gasteiger partial charge in [-0.05, 0) is 67.4 Å². The topological polar surface area (TPSA) is 73.8 Å². The first-order valence-corrected chi connectivity index (χ1v) is 11.8. The molecule has 0 saturated heterocycles. The highest BCUT2D eigenvalue weighted by Gasteiger charge is 2.14. The Morgan fingerprint density at radius 1 is 0.912 bits per heavy atom. The molecule has 3 aromatic rings. The lowest BCUT2D eigenvalue weighted by atomic mass is 10.1. The molecule has 0 bridgehead atoms. The van der Waals surface area contributed by atoms with E-state index in [9.17, 15) is 9.59 Å². The smallest absolute Gasteiger partial charge is 0.287 e. The lowest BCUT2D eigenvalue weighted by Gasteiger charge is -2.20. The van der Waals surface area contributed by atoms with Gasteiger partial charge in [-0.15, -0.1) is 0 Å². The van der Waals surface area contributed by atoms with Crippen LogP contribution in [0.2, 0.25) is 0 Å². The SMILES string of the molecule is CCN(CC)c1ccc(/C=C(\NC(=O)c2ccccc2)C(=O)N/N=C/c2cccc(Br)c2)cc1. The summed E-state index contributed by atoms with van der Waals surface area (Å²) in [5.74, 6) is -0.902. The van der Waals surface area contributed by atoms with Crippen LogP contribution in [0.15, 0.2) is 94.1 Å². The minimum absolute atomic E-state index is 0.0934. The molecule has 0 aliphatic carbocycles. The summed E-state index contributed by atoms with van der Waals surface area (Å²) in [6, 6.07) is 24.1. The van der Waals surface area contributed by atoms with Crippen molar-refractivity contribution in [1.82, 2.24) is 10.7 Å². The van der Waals surface area contributed by atoms with E-state index in [1.165, 1.54) is 6.21 Å². The summed E-state index contributed by atoms with van der Waals surface area (Å²) in [5, 5.41) is 6.76. The summed E-state index contributed by atoms with van der Waals surface area (Å²) in [5.41, 5.74) is 5.75. The number of nitrogens with zero attached hydrogens (tertiary/aromatic N) is 2. The molecule has 0 aliphatic heterocycles. The Balaban J connectivity index is 1.82. The molecule has 6 nitrogen and oxygen atoms in total. The lowest BCUT2D eigenvalue weighted by molar-refractivity contribution is -0.117. The number of halogens is 1. The van der Waals surface area contributed by atoms with Crippen molar-refractivity contribution >= 4 is 45.7 Å². The van der Waals surface area contributed by atoms with Crippen LogP contribution in [0.25, 0.3) is 6.08 Å². The van der Waals surface area contributed by atoms with Gasteiger partial charge in [-0.2, -0.15) is 5.10 Å². The van der Waals surface area contributed by atoms with Gasteiger partial charge in [0.25, 0.3) is 11.8 Å². The van der Waals surface area contributed by atoms with E-state index in [0.29, 0.717) is 5.56 Å². The lowest BCUT2D eigenvalue weighted by Crippen LogP contribution is -2.32. The van der Waals surface area contributed by atoms with Crippen molar-refractivity contribution in [2.75, 3.05) is 18.0 Å². The molecule has 2 N–H and O–H groups in total. The maximum absolute atomic E-state index is 12.9. The number of nitrogens with one attached hydrogen (secondary N) is 2. The molecule has 0 aromatic heterocycles. The third-order valence-electron chi connectivity index (χ3n) is 5.09. The first-order chi connectivity index (χ1) is 16.5. The Kier molecular flexibility index (Phi) is 9.17. The molecule has 7 heteroatoms. The zero-order valence-electron chi connectivity index (χ0n) is 19.2. The monoisotopic (exact) mass is 518 g/mol. The molecule has 0 unspecified atom stereocenters. The van der Waals surface area contributed by atoms with Crippen LogP contribution in [0, 0.1) is 0 Å². The summed E-state index contributed by atoms with van der Waals surface area (Å²) in [4.78, 5) is 27.9. The number of amides is 2. The molecule has 2 amide bonds. The Labute approximate surface area is 208 Å². The molecular weight excluding hydrogens is 492 g/mol. The van der Waals surface area contributed by atoms with Gasteiger partial charge in [0.15, 0.2) is 0 Å². The summed E-state index contributed by atoms with van der Waals surface area (Å²) in [6.45, 7) is 6.02. The fourth-order valence-electron chi connectivity index (χ4n) is 3.29. The quantitative estimate of drug-likeness (QED) is 0.232. The van der Waals surface area contributed by atoms with Gasteiger partial charge in [-0.25, -0.2) is 5.43 Å². The fourth-order valence-corrected chi connectivity index (χ4v) is 3.71. The number of anilines is 1. The summed E-state index contributed by atoms with van der Waals surface area (Å²) in [7, 11) is 0. The van der Waals surface area contributed by atoms with Crippen molar-refractivity contribution in [3.05, 3.63) is 106 Å². The minimum Gasteiger partial charge on any atom is -0.372 e. The summed E-state index contributed by atoms with van der Waals surface area (Å²) >= 11 is 3.41. The molecule has 0 heterocycles. The first-order valence-electron chi connectivity index (χ1n) is 11.0. The van der Waals surface area contributed by atoms with Gasteiger partial charge >= 0.3 is 0 Å². The Morgan fingerprint density at radius 2 is 1.62 bits per heavy atom. The molecule has 0 fully saturated rings. The predicted molar refractivity (Wildman–Crippen MR) is 142 cm³/mol. The van der Waals surface area contributed by atoms with Gasteiger partial charge in [0.1, 0.15) is 5.70 Å². The number of hydrogen-bond acceptors (Lipinski definition) is 4. The van der Waals surface area contributed by atoms with Gasteiger partial charge in [-0.3, -0.25) is 9.59 Å². The highest BCUT2D eigenvalue weighted by Crippen LogP contribution is 2.17. The molecular formula is C27H27BrN4O2. The highest BCUT2D eigenvalue weighted by molar-refractivity contribution is 9.10. The Bertz CT molecular complexity index is 1170. The van der Waals surface area contributed by atoms with Crippen LogP contribution in [0.4, 0.5) is 5.69 Å². The van der Waals surface area contributed by atoms with Crippen LogP contribution in [0.1, 0.15) is 35.3 Å². The van der Waals surface area contributed by atoms with E-state index in [0.717, 1.165) is 34.4 Å². The molecule has 0 spiro atoms. The average molecular weight is 519 g/mol. The number of hydrogen-bond donors (Lipinski definition) is 2. The maximum atomic E-state index is 12.9. The maximum Gasteiger partial charge on any atom is 0.287 e. The number of rotatable bonds is 9. The van der Waals surface area contributed by atoms with Crippen LogP contribution in [0.3, 0.4) is 0 Å². The van der Waals surface area contributed by atoms with Crippen LogP contribution >= 0.6 is 15.9 Å². The van der Waals surface area contributed by atoms with Crippen molar-refractivity contribution in [1.29, 1.82) is 0 Å². The molecule has 0 radical (unpaired) electrons. The molecule has 0 atom stereocenters. The molecule has 0 saturated carbocycles. The van der Waals surface area contributed by atoms with Crippen LogP contribution in [-0.2, 0) is 4.79 Å². The largest absolute Gasteiger partial charge is 0.372 e. The average Bonchev–Trinajstić information content (AvgIpc) is 2.86. The van der Waals surface area contributed by atoms with Crippen LogP contribution in [0.5, 0.6) is 0 Å². The number of carbonyl (C=O) groups is 2. The third kappa shape index (κ3) is 7.15. The van der Waals surface area contributed by atoms with Crippen molar-refractivity contribution in [3.63, 3.8) is 0 Å². The summed E-state index contributed by atoms with van der Waals surface area (Å²) in [6.07, 6.45) is 3.18. The second kappa shape index (κ2) is 12.5. The predicted octanol–water partition coefficient (Wildman–Crippen LogP) is 5.22. The highest BCUT2D eigenvalue weighted by atomic mass is 79.9. The van der Waals surface area contributed by atoms with Crippen molar-refractivity contribution in [3.8, 4) is 0 Å². The normalized spacial score (nSPS) is 11.3. The molecule has 3 rings (SSSR count). The number of hydrazone groups is 1. The van der Waals surface area contributed by atoms with Gasteiger partial charge < -0.3 is 10.2 Å². The molecule has 34 heavy (non-hydrogen) atoms. The van der Waals surface area contributed by atoms with E-state index in [-0.39, 0.29) is 11.6 Å². The molecule has 0 aliphatic rings. The zero-order chi connectivity index (χ0) is 24.3. The van der Waals surface area contributed by atoms with Gasteiger partial charge in [0.2, 0.25) is 0 Å². The van der Waals surface area contributed by atoms with Crippen molar-refractivity contribution in [2.45, 2.75) is 13.8 Å². The molecule has 3 aromatic carbocycles. The van der Waals surface area contributed by atoms with E-state index < -0.39 is 5.91 Å². The van der Waals surface area contributed by atoms with E-state index in [1.807, 2.05) is 54.6 Å². The Morgan fingerprint density at radius 3 is 2.26 bits per heavy atom. The third-order valence-corrected chi connectivity index (χ3v) is 5.58. The second-order valence-corrected chi connectivity index (χ2v) is 8.31. The van der Waals surface area contributed by atoms with Gasteiger partial charge in [0.05, 0.1) is 6.21 Å². The number of benzene rings is 3. The van der Waals surface area contributed by atoms with Gasteiger partial charge in [0, 0.05) is 28.8 Å². The molecule has 174 valence electrons. The standard InChI is InChI=1S/C27H27BrN4O2/c1-3-32(4-2)24-15-13-20(14-16-24)18-25(30-26(33)22-10-6-5-7-11-22)27(34)31-29-19-21-9-8-12-23(28)17-21/h5-19H,3-4H2,1-2H3,(H,30,33)(H,31,34)/b25-18-,29-19+. The summed E-state index contributed by atoms with van der Waals surface area (Å²) < 4.78 is 0.909. The van der Waals surface area contributed by atoms with E-state index in [4.69, 9.17) is 0 Å². The first kappa shape index (κ1) is 24.9. The van der Waals surface area contributed by atoms with Gasteiger partial charge in [-0.1, -0.05) is 58.4 Å². The van der Waals surface area contributed by atoms with Crippen LogP contribution < -0.4 is 15.6 Å². The van der Waals surface area contributed by atoms with E-state index in [2.05, 4.69) is 50.5 Å². The van der Waals surface area contributed by atoms with E-state index in [1.54, 1.807) is 30.3 Å². The zero-order valence-corrected chi connectivity index (χ0v) is 20.7.